The molecule has 0 radical (unpaired) electrons. The molecule has 0 saturated heterocycles. The summed E-state index contributed by atoms with van der Waals surface area (Å²) in [4.78, 5) is 40.0. The van der Waals surface area contributed by atoms with Gasteiger partial charge in [-0.3, -0.25) is 14.2 Å². The number of ether oxygens (including phenoxy) is 1. The summed E-state index contributed by atoms with van der Waals surface area (Å²) in [6.45, 7) is 6.88. The van der Waals surface area contributed by atoms with Crippen molar-refractivity contribution in [2.24, 2.45) is 0 Å². The predicted molar refractivity (Wildman–Crippen MR) is 330 cm³/mol. The number of phosphoric acid groups is 1. The molecule has 0 rings (SSSR count). The third kappa shape index (κ3) is 58.9. The highest BCUT2D eigenvalue weighted by Crippen LogP contribution is 2.38. The third-order valence-corrected chi connectivity index (χ3v) is 16.3. The van der Waals surface area contributed by atoms with Gasteiger partial charge in [0.1, 0.15) is 19.3 Å². The Kier molecular flexibility index (Phi) is 56.6. The Morgan fingerprint density at radius 1 is 0.442 bits per heavy atom. The molecule has 3 unspecified atom stereocenters. The molecule has 0 aliphatic carbocycles. The van der Waals surface area contributed by atoms with Crippen molar-refractivity contribution in [2.75, 3.05) is 40.9 Å². The van der Waals surface area contributed by atoms with Crippen molar-refractivity contribution in [2.45, 2.75) is 354 Å². The van der Waals surface area contributed by atoms with Crippen LogP contribution in [0.5, 0.6) is 0 Å². The number of hydrogen-bond acceptors (Lipinski definition) is 7. The fourth-order valence-corrected chi connectivity index (χ4v) is 10.9. The number of hydrogen-bond donors (Lipinski definition) is 1. The van der Waals surface area contributed by atoms with Crippen molar-refractivity contribution < 1.29 is 37.3 Å². The lowest BCUT2D eigenvalue weighted by atomic mass is 10.0. The number of allylic oxidation sites excluding steroid dienone is 3. The molecule has 1 N–H and O–H groups in total. The van der Waals surface area contributed by atoms with Gasteiger partial charge in [-0.2, -0.15) is 0 Å². The number of carbonyl (C=O) groups is 2. The molecular weight excluding hydrogens is 976 g/mol. The molecule has 9 nitrogen and oxygen atoms in total. The second-order valence-electron chi connectivity index (χ2n) is 24.3. The van der Waals surface area contributed by atoms with Crippen LogP contribution in [0.2, 0.25) is 0 Å². The number of amides is 1. The summed E-state index contributed by atoms with van der Waals surface area (Å²) in [6.07, 6.45) is 68.8. The van der Waals surface area contributed by atoms with Crippen LogP contribution in [0, 0.1) is 0 Å². The third-order valence-electron chi connectivity index (χ3n) is 15.4. The first-order valence-electron chi connectivity index (χ1n) is 33.6. The summed E-state index contributed by atoms with van der Waals surface area (Å²) < 4.78 is 30.3. The van der Waals surface area contributed by atoms with E-state index in [4.69, 9.17) is 13.8 Å². The molecule has 3 atom stereocenters. The highest BCUT2D eigenvalue weighted by atomic mass is 31.2. The van der Waals surface area contributed by atoms with Crippen LogP contribution >= 0.6 is 7.82 Å². The van der Waals surface area contributed by atoms with Crippen LogP contribution in [-0.2, 0) is 27.9 Å². The minimum absolute atomic E-state index is 0.0208. The van der Waals surface area contributed by atoms with Gasteiger partial charge < -0.3 is 28.5 Å². The average molecular weight is 1110 g/mol. The molecule has 0 fully saturated rings. The zero-order chi connectivity index (χ0) is 56.4. The Labute approximate surface area is 479 Å². The Bertz CT molecular complexity index is 1370. The van der Waals surface area contributed by atoms with E-state index in [0.29, 0.717) is 23.9 Å². The van der Waals surface area contributed by atoms with Crippen LogP contribution in [-0.4, -0.2) is 69.4 Å². The first-order valence-corrected chi connectivity index (χ1v) is 35.1. The van der Waals surface area contributed by atoms with Gasteiger partial charge in [0.25, 0.3) is 7.82 Å². The van der Waals surface area contributed by atoms with Crippen LogP contribution in [0.15, 0.2) is 24.3 Å². The highest BCUT2D eigenvalue weighted by molar-refractivity contribution is 7.45. The minimum atomic E-state index is -4.70. The quantitative estimate of drug-likeness (QED) is 0.0212. The summed E-state index contributed by atoms with van der Waals surface area (Å²) in [7, 11) is 1.20. The van der Waals surface area contributed by atoms with Gasteiger partial charge in [0.05, 0.1) is 33.8 Å². The van der Waals surface area contributed by atoms with Crippen LogP contribution in [0.1, 0.15) is 342 Å². The van der Waals surface area contributed by atoms with Crippen LogP contribution in [0.25, 0.3) is 0 Å². The zero-order valence-corrected chi connectivity index (χ0v) is 53.1. The van der Waals surface area contributed by atoms with E-state index in [9.17, 15) is 19.0 Å². The lowest BCUT2D eigenvalue weighted by molar-refractivity contribution is -0.870. The van der Waals surface area contributed by atoms with Crippen molar-refractivity contribution in [1.82, 2.24) is 5.32 Å². The number of esters is 1. The molecule has 0 aromatic rings. The Hall–Kier alpha value is -1.51. The van der Waals surface area contributed by atoms with Gasteiger partial charge in [-0.25, -0.2) is 0 Å². The highest BCUT2D eigenvalue weighted by Gasteiger charge is 2.27. The van der Waals surface area contributed by atoms with Crippen LogP contribution < -0.4 is 10.2 Å². The van der Waals surface area contributed by atoms with E-state index in [2.05, 4.69) is 38.2 Å². The monoisotopic (exact) mass is 1110 g/mol. The molecule has 0 bridgehead atoms. The van der Waals surface area contributed by atoms with Gasteiger partial charge in [-0.05, 0) is 57.4 Å². The van der Waals surface area contributed by atoms with Crippen molar-refractivity contribution in [3.8, 4) is 0 Å². The molecule has 0 aliphatic heterocycles. The molecule has 10 heteroatoms. The summed E-state index contributed by atoms with van der Waals surface area (Å²) in [6, 6.07) is -0.889. The Morgan fingerprint density at radius 2 is 0.753 bits per heavy atom. The van der Waals surface area contributed by atoms with E-state index < -0.39 is 20.0 Å². The maximum Gasteiger partial charge on any atom is 0.306 e. The van der Waals surface area contributed by atoms with Gasteiger partial charge in [0.15, 0.2) is 0 Å². The summed E-state index contributed by atoms with van der Waals surface area (Å²) in [5.41, 5.74) is 0. The topological polar surface area (TPSA) is 114 Å². The molecule has 0 aromatic carbocycles. The fourth-order valence-electron chi connectivity index (χ4n) is 10.2. The van der Waals surface area contributed by atoms with Crippen molar-refractivity contribution in [3.63, 3.8) is 0 Å². The molecule has 1 amide bonds. The van der Waals surface area contributed by atoms with E-state index in [1.54, 1.807) is 0 Å². The van der Waals surface area contributed by atoms with E-state index in [1.807, 2.05) is 33.3 Å². The van der Waals surface area contributed by atoms with Gasteiger partial charge in [-0.1, -0.05) is 296 Å². The Balaban J connectivity index is 5.03. The van der Waals surface area contributed by atoms with Gasteiger partial charge in [0.2, 0.25) is 5.91 Å². The molecule has 0 heterocycles. The van der Waals surface area contributed by atoms with Crippen molar-refractivity contribution in [1.29, 1.82) is 0 Å². The molecule has 77 heavy (non-hydrogen) atoms. The van der Waals surface area contributed by atoms with Crippen molar-refractivity contribution >= 4 is 19.7 Å². The van der Waals surface area contributed by atoms with E-state index in [-0.39, 0.29) is 31.5 Å². The van der Waals surface area contributed by atoms with Gasteiger partial charge in [-0.15, -0.1) is 0 Å². The second-order valence-corrected chi connectivity index (χ2v) is 25.7. The molecular formula is C67H131N2O7P. The lowest BCUT2D eigenvalue weighted by Crippen LogP contribution is -2.47. The first kappa shape index (κ1) is 75.5. The minimum Gasteiger partial charge on any atom is -0.756 e. The molecule has 0 aromatic heterocycles. The molecule has 0 saturated carbocycles. The predicted octanol–water partition coefficient (Wildman–Crippen LogP) is 20.3. The van der Waals surface area contributed by atoms with E-state index in [1.165, 1.54) is 238 Å². The van der Waals surface area contributed by atoms with Gasteiger partial charge >= 0.3 is 5.97 Å². The zero-order valence-electron chi connectivity index (χ0n) is 52.2. The van der Waals surface area contributed by atoms with Gasteiger partial charge in [0, 0.05) is 12.8 Å². The van der Waals surface area contributed by atoms with Crippen molar-refractivity contribution in [3.05, 3.63) is 24.3 Å². The number of carbonyl (C=O) groups excluding carboxylic acids is 2. The average Bonchev–Trinajstić information content (AvgIpc) is 3.39. The van der Waals surface area contributed by atoms with Crippen LogP contribution in [0.3, 0.4) is 0 Å². The second kappa shape index (κ2) is 57.7. The SMILES string of the molecule is CCCCCCCCC/C=C\CCCCCC(=O)OC(/C=C\CCCCCCCCCCCC)C(COP(=O)([O-])OCC[N+](C)(C)C)NC(=O)CCCCCCCCCCCCCCCCCCCCCCCCCCC. The smallest absolute Gasteiger partial charge is 0.306 e. The summed E-state index contributed by atoms with van der Waals surface area (Å²) in [5, 5.41) is 3.04. The molecule has 0 spiro atoms. The fraction of sp³-hybridized carbons (Fsp3) is 0.910. The van der Waals surface area contributed by atoms with E-state index >= 15 is 0 Å². The number of likely N-dealkylation sites (N-methyl/N-ethyl adjacent to an activating group) is 1. The number of quaternary nitrogens is 1. The number of rotatable bonds is 62. The molecule has 456 valence electrons. The maximum absolute atomic E-state index is 13.6. The summed E-state index contributed by atoms with van der Waals surface area (Å²) >= 11 is 0. The molecule has 0 aliphatic rings. The number of nitrogens with zero attached hydrogens (tertiary/aromatic N) is 1. The number of phosphoric ester groups is 1. The number of unbranched alkanes of at least 4 members (excludes halogenated alkanes) is 44. The first-order chi connectivity index (χ1) is 37.4. The Morgan fingerprint density at radius 3 is 1.12 bits per heavy atom. The lowest BCUT2D eigenvalue weighted by Gasteiger charge is -2.30. The van der Waals surface area contributed by atoms with E-state index in [0.717, 1.165) is 64.2 Å². The number of nitrogens with one attached hydrogen (secondary N) is 1. The standard InChI is InChI=1S/C67H131N2O7P/c1-7-10-13-16-19-22-25-28-30-31-32-33-34-35-36-37-38-39-40-41-44-47-50-53-56-59-66(70)68-64(63-75-77(72,73)74-62-61-69(4,5)6)65(58-55-52-49-46-43-27-24-21-18-15-12-9-3)76-67(71)60-57-54-51-48-45-42-29-26-23-20-17-14-11-8-2/h42,45,55,58,64-65H,7-41,43-44,46-54,56-57,59-63H2,1-6H3,(H-,68,70,72,73)/b45-42-,58-55-. The maximum atomic E-state index is 13.6. The normalized spacial score (nSPS) is 13.7. The van der Waals surface area contributed by atoms with Crippen LogP contribution in [0.4, 0.5) is 0 Å². The summed E-state index contributed by atoms with van der Waals surface area (Å²) in [5.74, 6) is -0.541. The largest absolute Gasteiger partial charge is 0.756 e.